The van der Waals surface area contributed by atoms with Crippen LogP contribution in [-0.4, -0.2) is 93.1 Å². The number of carbonyl (C=O) groups is 3. The third kappa shape index (κ3) is 6.86. The molecule has 48 heavy (non-hydrogen) atoms. The fraction of sp³-hybridized carbons (Fsp3) is 0.658. The molecule has 3 saturated heterocycles. The van der Waals surface area contributed by atoms with E-state index in [9.17, 15) is 14.7 Å². The second-order valence-electron chi connectivity index (χ2n) is 15.5. The van der Waals surface area contributed by atoms with Crippen LogP contribution < -0.4 is 9.64 Å². The van der Waals surface area contributed by atoms with Crippen LogP contribution in [0.5, 0.6) is 5.75 Å². The Morgan fingerprint density at radius 2 is 1.75 bits per heavy atom. The predicted molar refractivity (Wildman–Crippen MR) is 193 cm³/mol. The first-order chi connectivity index (χ1) is 22.5. The number of ether oxygens (including phenoxy) is 2. The van der Waals surface area contributed by atoms with E-state index in [0.29, 0.717) is 37.3 Å². The maximum absolute atomic E-state index is 15.2. The summed E-state index contributed by atoms with van der Waals surface area (Å²) in [6.07, 6.45) is 4.54. The highest BCUT2D eigenvalue weighted by atomic mass is 79.9. The zero-order valence-corrected chi connectivity index (χ0v) is 31.7. The lowest BCUT2D eigenvalue weighted by atomic mass is 9.69. The van der Waals surface area contributed by atoms with Crippen LogP contribution >= 0.6 is 15.9 Å². The predicted octanol–water partition coefficient (Wildman–Crippen LogP) is 5.99. The first-order valence-corrected chi connectivity index (χ1v) is 18.3. The van der Waals surface area contributed by atoms with Gasteiger partial charge in [-0.2, -0.15) is 0 Å². The molecular weight excluding hydrogens is 674 g/mol. The molecule has 1 aromatic rings. The van der Waals surface area contributed by atoms with Crippen molar-refractivity contribution in [1.29, 1.82) is 0 Å². The molecule has 8 atom stereocenters. The Balaban J connectivity index is 1.86. The number of rotatable bonds is 15. The van der Waals surface area contributed by atoms with Crippen molar-refractivity contribution >= 4 is 39.3 Å². The smallest absolute Gasteiger partial charge is 0.249 e. The molecule has 3 amide bonds. The van der Waals surface area contributed by atoms with Crippen molar-refractivity contribution in [2.45, 2.75) is 109 Å². The van der Waals surface area contributed by atoms with E-state index in [0.717, 1.165) is 0 Å². The summed E-state index contributed by atoms with van der Waals surface area (Å²) in [7, 11) is 0. The quantitative estimate of drug-likeness (QED) is 0.176. The number of likely N-dealkylation sites (tertiary alicyclic amines) is 1. The van der Waals surface area contributed by atoms with Crippen LogP contribution in [0, 0.1) is 23.2 Å². The van der Waals surface area contributed by atoms with Gasteiger partial charge >= 0.3 is 0 Å². The number of alkyl halides is 1. The summed E-state index contributed by atoms with van der Waals surface area (Å²) < 4.78 is 12.5. The van der Waals surface area contributed by atoms with Gasteiger partial charge in [-0.1, -0.05) is 69.1 Å². The molecule has 9 nitrogen and oxygen atoms in total. The molecule has 3 aliphatic rings. The van der Waals surface area contributed by atoms with E-state index in [1.807, 2.05) is 63.8 Å². The zero-order valence-electron chi connectivity index (χ0n) is 30.1. The van der Waals surface area contributed by atoms with E-state index >= 15 is 4.79 Å². The molecule has 1 spiro atoms. The lowest BCUT2D eigenvalue weighted by molar-refractivity contribution is -0.156. The van der Waals surface area contributed by atoms with Gasteiger partial charge in [-0.25, -0.2) is 0 Å². The van der Waals surface area contributed by atoms with Crippen molar-refractivity contribution in [1.82, 2.24) is 9.80 Å². The molecule has 10 heteroatoms. The molecule has 266 valence electrons. The summed E-state index contributed by atoms with van der Waals surface area (Å²) in [5, 5.41) is 10.8. The number of aliphatic hydroxyl groups is 1. The molecule has 0 saturated carbocycles. The Hall–Kier alpha value is -2.69. The molecule has 0 aromatic heterocycles. The zero-order chi connectivity index (χ0) is 35.8. The summed E-state index contributed by atoms with van der Waals surface area (Å²) >= 11 is 3.81. The van der Waals surface area contributed by atoms with Crippen molar-refractivity contribution in [3.8, 4) is 5.75 Å². The molecule has 3 aliphatic heterocycles. The van der Waals surface area contributed by atoms with Crippen LogP contribution in [0.1, 0.15) is 74.7 Å². The van der Waals surface area contributed by atoms with Gasteiger partial charge in [0.2, 0.25) is 17.7 Å². The van der Waals surface area contributed by atoms with Crippen LogP contribution in [0.25, 0.3) is 0 Å². The van der Waals surface area contributed by atoms with Crippen molar-refractivity contribution in [3.63, 3.8) is 0 Å². The van der Waals surface area contributed by atoms with E-state index in [1.54, 1.807) is 22.0 Å². The number of hydrogen-bond donors (Lipinski definition) is 1. The van der Waals surface area contributed by atoms with Gasteiger partial charge in [0.1, 0.15) is 17.4 Å². The number of carbonyl (C=O) groups excluding carboxylic acids is 3. The maximum Gasteiger partial charge on any atom is 0.249 e. The minimum absolute atomic E-state index is 0.0875. The second-order valence-corrected chi connectivity index (χ2v) is 16.7. The lowest BCUT2D eigenvalue weighted by Crippen LogP contribution is -2.63. The lowest BCUT2D eigenvalue weighted by Gasteiger charge is -2.47. The van der Waals surface area contributed by atoms with Crippen LogP contribution in [0.2, 0.25) is 0 Å². The molecule has 3 heterocycles. The molecule has 4 rings (SSSR count). The number of halogens is 1. The van der Waals surface area contributed by atoms with E-state index in [4.69, 9.17) is 9.47 Å². The van der Waals surface area contributed by atoms with Crippen molar-refractivity contribution < 1.29 is 29.0 Å². The Morgan fingerprint density at radius 3 is 2.27 bits per heavy atom. The highest BCUT2D eigenvalue weighted by Crippen LogP contribution is 2.61. The first-order valence-electron chi connectivity index (χ1n) is 17.4. The number of fused-ring (bicyclic) bond motifs is 1. The molecule has 1 N–H and O–H groups in total. The van der Waals surface area contributed by atoms with Gasteiger partial charge in [-0.3, -0.25) is 14.4 Å². The summed E-state index contributed by atoms with van der Waals surface area (Å²) in [4.78, 5) is 49.7. The number of aliphatic hydroxyl groups excluding tert-OH is 1. The molecular formula is C38H56BrN3O6. The maximum atomic E-state index is 15.2. The van der Waals surface area contributed by atoms with E-state index in [2.05, 4.69) is 49.9 Å². The number of benzene rings is 1. The standard InChI is InChI=1S/C38H56BrN3O6/c1-11-19-40(25-15-17-26(18-16-25)47-14-4)33(44)29-30-34(45)42(28(22-43)24(5)13-3)32(38(30)21-27(39)31(29)48-38)35(46)41(20-12-2)37(9,10)23-36(6,7)8/h11-12,15-18,24,27-32,43H,1-2,13-14,19-23H2,3-10H3/t24-,27?,28-,29+,30-,31+,32?,38?/m0/s1. The largest absolute Gasteiger partial charge is 0.494 e. The van der Waals surface area contributed by atoms with Crippen LogP contribution in [-0.2, 0) is 19.1 Å². The Bertz CT molecular complexity index is 1360. The number of anilines is 1. The molecule has 2 bridgehead atoms. The van der Waals surface area contributed by atoms with E-state index < -0.39 is 41.2 Å². The molecule has 0 radical (unpaired) electrons. The second kappa shape index (κ2) is 14.7. The Kier molecular flexibility index (Phi) is 11.6. The molecule has 0 aliphatic carbocycles. The minimum Gasteiger partial charge on any atom is -0.494 e. The Morgan fingerprint density at radius 1 is 1.12 bits per heavy atom. The summed E-state index contributed by atoms with van der Waals surface area (Å²) in [5.74, 6) is -1.99. The fourth-order valence-corrected chi connectivity index (χ4v) is 9.57. The fourth-order valence-electron chi connectivity index (χ4n) is 8.63. The van der Waals surface area contributed by atoms with E-state index in [1.165, 1.54) is 0 Å². The van der Waals surface area contributed by atoms with Gasteiger partial charge in [0.05, 0.1) is 37.2 Å². The van der Waals surface area contributed by atoms with Gasteiger partial charge in [-0.05, 0) is 69.2 Å². The molecule has 1 aromatic carbocycles. The third-order valence-electron chi connectivity index (χ3n) is 10.4. The average Bonchev–Trinajstić information content (AvgIpc) is 3.61. The van der Waals surface area contributed by atoms with Crippen molar-refractivity contribution in [2.24, 2.45) is 23.2 Å². The number of hydrogen-bond acceptors (Lipinski definition) is 6. The number of amides is 3. The monoisotopic (exact) mass is 729 g/mol. The van der Waals surface area contributed by atoms with Gasteiger partial charge < -0.3 is 29.3 Å². The highest BCUT2D eigenvalue weighted by molar-refractivity contribution is 9.09. The molecule has 3 fully saturated rings. The highest BCUT2D eigenvalue weighted by Gasteiger charge is 2.77. The van der Waals surface area contributed by atoms with Crippen molar-refractivity contribution in [2.75, 3.05) is 31.2 Å². The van der Waals surface area contributed by atoms with Crippen molar-refractivity contribution in [3.05, 3.63) is 49.6 Å². The topological polar surface area (TPSA) is 99.6 Å². The normalized spacial score (nSPS) is 27.8. The summed E-state index contributed by atoms with van der Waals surface area (Å²) in [5.41, 5.74) is -1.29. The summed E-state index contributed by atoms with van der Waals surface area (Å²) in [6.45, 7) is 25.0. The van der Waals surface area contributed by atoms with Crippen LogP contribution in [0.4, 0.5) is 5.69 Å². The van der Waals surface area contributed by atoms with E-state index in [-0.39, 0.29) is 53.6 Å². The Labute approximate surface area is 295 Å². The molecule has 3 unspecified atom stereocenters. The van der Waals surface area contributed by atoms with Gasteiger partial charge in [-0.15, -0.1) is 13.2 Å². The summed E-state index contributed by atoms with van der Waals surface area (Å²) in [6, 6.07) is 5.63. The average molecular weight is 731 g/mol. The first kappa shape index (κ1) is 38.1. The number of nitrogens with zero attached hydrogens (tertiary/aromatic N) is 3. The SMILES string of the molecule is C=CCN(C(=O)[C@H]1[C@@H]2OC3(CC2Br)C(C(=O)N(CC=C)C(C)(C)CC(C)(C)C)N([C@@H](CO)[C@@H](C)CC)C(=O)[C@H]13)c1ccc(OCC)cc1. The van der Waals surface area contributed by atoms with Crippen LogP contribution in [0.15, 0.2) is 49.6 Å². The van der Waals surface area contributed by atoms with Gasteiger partial charge in [0.25, 0.3) is 0 Å². The third-order valence-corrected chi connectivity index (χ3v) is 11.2. The van der Waals surface area contributed by atoms with Gasteiger partial charge in [0.15, 0.2) is 0 Å². The van der Waals surface area contributed by atoms with Crippen LogP contribution in [0.3, 0.4) is 0 Å². The van der Waals surface area contributed by atoms with Gasteiger partial charge in [0, 0.05) is 29.1 Å². The minimum atomic E-state index is -1.26.